The van der Waals surface area contributed by atoms with Gasteiger partial charge in [-0.1, -0.05) is 0 Å². The molecule has 0 aliphatic carbocycles. The van der Waals surface area contributed by atoms with Crippen LogP contribution < -0.4 is 3.61 Å². The molecule has 0 saturated heterocycles. The average Bonchev–Trinajstić information content (AvgIpc) is 2.40. The van der Waals surface area contributed by atoms with Gasteiger partial charge in [0.15, 0.2) is 0 Å². The predicted octanol–water partition coefficient (Wildman–Crippen LogP) is 2.60. The van der Waals surface area contributed by atoms with Crippen LogP contribution in [0.5, 0.6) is 0 Å². The van der Waals surface area contributed by atoms with Gasteiger partial charge in [-0.2, -0.15) is 0 Å². The van der Waals surface area contributed by atoms with E-state index in [0.29, 0.717) is 0 Å². The summed E-state index contributed by atoms with van der Waals surface area (Å²) in [7, 11) is 0. The predicted molar refractivity (Wildman–Crippen MR) is 74.0 cm³/mol. The Morgan fingerprint density at radius 3 is 2.28 bits per heavy atom. The molecule has 2 aromatic carbocycles. The number of nitro benzene ring substituents is 1. The summed E-state index contributed by atoms with van der Waals surface area (Å²) in [4.78, 5) is 10.1. The number of rotatable bonds is 4. The second-order valence-electron chi connectivity index (χ2n) is 3.58. The number of hydrogen-bond acceptors (Lipinski definition) is 2. The van der Waals surface area contributed by atoms with E-state index in [9.17, 15) is 10.1 Å². The van der Waals surface area contributed by atoms with E-state index in [0.717, 1.165) is 5.56 Å². The monoisotopic (exact) mass is 355 g/mol. The Morgan fingerprint density at radius 2 is 1.67 bits per heavy atom. The van der Waals surface area contributed by atoms with E-state index in [1.54, 1.807) is 12.1 Å². The molecular formula is C14H11NO2Te. The van der Waals surface area contributed by atoms with E-state index >= 15 is 0 Å². The third kappa shape index (κ3) is 3.69. The normalized spacial score (nSPS) is 10.7. The molecule has 0 radical (unpaired) electrons. The van der Waals surface area contributed by atoms with Crippen LogP contribution in [0.1, 0.15) is 5.56 Å². The minimum atomic E-state index is -0.383. The SMILES string of the molecule is O=[N+]([O-])c1ccc(/C=C\[Te]c2ccccc2)cc1. The molecule has 0 aliphatic rings. The van der Waals surface area contributed by atoms with Crippen LogP contribution >= 0.6 is 0 Å². The molecular weight excluding hydrogens is 342 g/mol. The van der Waals surface area contributed by atoms with Crippen molar-refractivity contribution in [3.8, 4) is 0 Å². The molecule has 90 valence electrons. The maximum absolute atomic E-state index is 10.5. The molecule has 2 aromatic rings. The summed E-state index contributed by atoms with van der Waals surface area (Å²) in [6.07, 6.45) is 2.03. The van der Waals surface area contributed by atoms with Crippen molar-refractivity contribution in [3.05, 3.63) is 74.4 Å². The molecule has 0 unspecified atom stereocenters. The molecule has 0 aromatic heterocycles. The molecule has 3 nitrogen and oxygen atoms in total. The van der Waals surface area contributed by atoms with Gasteiger partial charge < -0.3 is 0 Å². The van der Waals surface area contributed by atoms with Crippen molar-refractivity contribution in [2.75, 3.05) is 0 Å². The molecule has 0 spiro atoms. The molecule has 0 saturated carbocycles. The molecule has 0 N–H and O–H groups in total. The number of benzene rings is 2. The van der Waals surface area contributed by atoms with Gasteiger partial charge in [0, 0.05) is 0 Å². The van der Waals surface area contributed by atoms with Crippen LogP contribution in [0.25, 0.3) is 6.08 Å². The summed E-state index contributed by atoms with van der Waals surface area (Å²) in [6.45, 7) is 0. The molecule has 0 fully saturated rings. The van der Waals surface area contributed by atoms with Crippen molar-refractivity contribution in [1.82, 2.24) is 0 Å². The zero-order valence-corrected chi connectivity index (χ0v) is 11.9. The molecule has 18 heavy (non-hydrogen) atoms. The first-order valence-electron chi connectivity index (χ1n) is 5.38. The van der Waals surface area contributed by atoms with Gasteiger partial charge in [0.2, 0.25) is 0 Å². The van der Waals surface area contributed by atoms with E-state index in [1.165, 1.54) is 15.7 Å². The zero-order chi connectivity index (χ0) is 12.8. The van der Waals surface area contributed by atoms with E-state index in [2.05, 4.69) is 16.3 Å². The van der Waals surface area contributed by atoms with Crippen molar-refractivity contribution < 1.29 is 4.92 Å². The van der Waals surface area contributed by atoms with Crippen LogP contribution in [0.4, 0.5) is 5.69 Å². The van der Waals surface area contributed by atoms with Gasteiger partial charge in [0.05, 0.1) is 0 Å². The van der Waals surface area contributed by atoms with Crippen molar-refractivity contribution in [1.29, 1.82) is 0 Å². The molecule has 2 rings (SSSR count). The number of nitrogens with zero attached hydrogens (tertiary/aromatic N) is 1. The fourth-order valence-electron chi connectivity index (χ4n) is 1.40. The van der Waals surface area contributed by atoms with E-state index in [1.807, 2.05) is 24.3 Å². The van der Waals surface area contributed by atoms with Crippen molar-refractivity contribution in [2.45, 2.75) is 0 Å². The number of hydrogen-bond donors (Lipinski definition) is 0. The standard InChI is InChI=1S/C14H11NO2Te/c16-15(17)13-8-6-12(7-9-13)10-11-18-14-4-2-1-3-5-14/h1-11H/b11-10-. The second kappa shape index (κ2) is 6.34. The summed E-state index contributed by atoms with van der Waals surface area (Å²) in [5, 5.41) is 10.5. The van der Waals surface area contributed by atoms with Crippen LogP contribution in [-0.2, 0) is 0 Å². The first kappa shape index (κ1) is 12.8. The summed E-state index contributed by atoms with van der Waals surface area (Å²) >= 11 is -0.315. The number of non-ortho nitro benzene ring substituents is 1. The Morgan fingerprint density at radius 1 is 1.00 bits per heavy atom. The Labute approximate surface area is 115 Å². The molecule has 0 bridgehead atoms. The number of nitro groups is 1. The molecule has 0 amide bonds. The average molecular weight is 353 g/mol. The van der Waals surface area contributed by atoms with E-state index in [-0.39, 0.29) is 31.5 Å². The maximum atomic E-state index is 10.5. The van der Waals surface area contributed by atoms with Crippen molar-refractivity contribution in [3.63, 3.8) is 0 Å². The second-order valence-corrected chi connectivity index (χ2v) is 6.38. The van der Waals surface area contributed by atoms with Crippen LogP contribution in [-0.4, -0.2) is 25.8 Å². The molecule has 4 heteroatoms. The first-order chi connectivity index (χ1) is 8.75. The van der Waals surface area contributed by atoms with Gasteiger partial charge >= 0.3 is 116 Å². The van der Waals surface area contributed by atoms with Gasteiger partial charge in [-0.15, -0.1) is 0 Å². The van der Waals surface area contributed by atoms with Gasteiger partial charge in [0.25, 0.3) is 0 Å². The summed E-state index contributed by atoms with van der Waals surface area (Å²) in [6, 6.07) is 17.0. The minimum absolute atomic E-state index is 0.131. The quantitative estimate of drug-likeness (QED) is 0.482. The molecule has 0 aliphatic heterocycles. The first-order valence-corrected chi connectivity index (χ1v) is 7.89. The van der Waals surface area contributed by atoms with E-state index in [4.69, 9.17) is 0 Å². The van der Waals surface area contributed by atoms with Gasteiger partial charge in [-0.25, -0.2) is 0 Å². The Hall–Kier alpha value is -1.63. The zero-order valence-electron chi connectivity index (χ0n) is 9.52. The van der Waals surface area contributed by atoms with Gasteiger partial charge in [-0.3, -0.25) is 0 Å². The fraction of sp³-hybridized carbons (Fsp3) is 0. The molecule has 0 atom stereocenters. The summed E-state index contributed by atoms with van der Waals surface area (Å²) in [5.74, 6) is 0. The molecule has 0 heterocycles. The topological polar surface area (TPSA) is 43.1 Å². The Bertz CT molecular complexity index is 550. The summed E-state index contributed by atoms with van der Waals surface area (Å²) < 4.78 is 3.56. The summed E-state index contributed by atoms with van der Waals surface area (Å²) in [5.41, 5.74) is 1.13. The third-order valence-electron chi connectivity index (χ3n) is 2.31. The third-order valence-corrected chi connectivity index (χ3v) is 4.64. The van der Waals surface area contributed by atoms with E-state index < -0.39 is 0 Å². The van der Waals surface area contributed by atoms with Crippen molar-refractivity contribution in [2.24, 2.45) is 0 Å². The van der Waals surface area contributed by atoms with Gasteiger partial charge in [0.1, 0.15) is 0 Å². The van der Waals surface area contributed by atoms with Crippen LogP contribution in [0.3, 0.4) is 0 Å². The van der Waals surface area contributed by atoms with Gasteiger partial charge in [-0.05, 0) is 0 Å². The fourth-order valence-corrected chi connectivity index (χ4v) is 3.39. The van der Waals surface area contributed by atoms with Crippen LogP contribution in [0, 0.1) is 10.1 Å². The van der Waals surface area contributed by atoms with Crippen LogP contribution in [0.15, 0.2) is 58.7 Å². The van der Waals surface area contributed by atoms with Crippen molar-refractivity contribution >= 4 is 36.3 Å². The van der Waals surface area contributed by atoms with Crippen LogP contribution in [0.2, 0.25) is 0 Å². The Balaban J connectivity index is 1.99. The Kier molecular flexibility index (Phi) is 4.52.